The van der Waals surface area contributed by atoms with Crippen LogP contribution < -0.4 is 5.73 Å². The fourth-order valence-corrected chi connectivity index (χ4v) is 3.48. The third-order valence-electron chi connectivity index (χ3n) is 4.69. The van der Waals surface area contributed by atoms with Crippen molar-refractivity contribution in [3.8, 4) is 0 Å². The molecule has 0 aliphatic carbocycles. The van der Waals surface area contributed by atoms with Crippen molar-refractivity contribution in [3.63, 3.8) is 0 Å². The lowest BCUT2D eigenvalue weighted by molar-refractivity contribution is 0.134. The van der Waals surface area contributed by atoms with Crippen LogP contribution in [0.25, 0.3) is 0 Å². The largest absolute Gasteiger partial charge is 0.329 e. The van der Waals surface area contributed by atoms with Crippen molar-refractivity contribution >= 4 is 0 Å². The molecular weight excluding hydrogens is 232 g/mol. The molecule has 1 aliphatic heterocycles. The molecule has 2 N–H and O–H groups in total. The third-order valence-corrected chi connectivity index (χ3v) is 4.69. The van der Waals surface area contributed by atoms with Gasteiger partial charge in [0.1, 0.15) is 0 Å². The molecule has 0 radical (unpaired) electrons. The van der Waals surface area contributed by atoms with Crippen LogP contribution in [0, 0.1) is 5.92 Å². The molecule has 1 aromatic carbocycles. The van der Waals surface area contributed by atoms with E-state index in [1.165, 1.54) is 43.4 Å². The smallest absolute Gasteiger partial charge is 0.0249 e. The van der Waals surface area contributed by atoms with Crippen molar-refractivity contribution in [2.75, 3.05) is 13.1 Å². The Bertz CT molecular complexity index is 385. The van der Waals surface area contributed by atoms with Crippen LogP contribution in [0.5, 0.6) is 0 Å². The Morgan fingerprint density at radius 3 is 2.47 bits per heavy atom. The Hall–Kier alpha value is -0.860. The molecule has 1 heterocycles. The number of aryl methyl sites for hydroxylation is 1. The zero-order chi connectivity index (χ0) is 13.7. The van der Waals surface area contributed by atoms with Gasteiger partial charge in [-0.2, -0.15) is 0 Å². The van der Waals surface area contributed by atoms with Crippen molar-refractivity contribution < 1.29 is 0 Å². The lowest BCUT2D eigenvalue weighted by atomic mass is 9.92. The maximum absolute atomic E-state index is 6.08. The molecule has 1 aromatic rings. The van der Waals surface area contributed by atoms with Crippen LogP contribution in [0.2, 0.25) is 0 Å². The number of fused-ring (bicyclic) bond motifs is 1. The van der Waals surface area contributed by atoms with Gasteiger partial charge in [0.2, 0.25) is 0 Å². The highest BCUT2D eigenvalue weighted by atomic mass is 15.2. The van der Waals surface area contributed by atoms with E-state index in [9.17, 15) is 0 Å². The number of hydrogen-bond donors (Lipinski definition) is 1. The highest BCUT2D eigenvalue weighted by Crippen LogP contribution is 2.24. The third kappa shape index (κ3) is 3.37. The minimum Gasteiger partial charge on any atom is -0.329 e. The molecule has 19 heavy (non-hydrogen) atoms. The molecule has 0 saturated carbocycles. The van der Waals surface area contributed by atoms with Gasteiger partial charge >= 0.3 is 0 Å². The Balaban J connectivity index is 2.16. The fourth-order valence-electron chi connectivity index (χ4n) is 3.48. The van der Waals surface area contributed by atoms with Gasteiger partial charge in [-0.3, -0.25) is 4.90 Å². The Morgan fingerprint density at radius 2 is 1.84 bits per heavy atom. The van der Waals surface area contributed by atoms with Crippen LogP contribution in [0.4, 0.5) is 0 Å². The van der Waals surface area contributed by atoms with Crippen LogP contribution in [0.1, 0.15) is 44.2 Å². The number of hydrogen-bond acceptors (Lipinski definition) is 2. The minimum atomic E-state index is 0.543. The molecule has 0 spiro atoms. The fraction of sp³-hybridized carbons (Fsp3) is 0.647. The quantitative estimate of drug-likeness (QED) is 0.881. The first-order valence-corrected chi connectivity index (χ1v) is 7.81. The SMILES string of the molecule is CCC(CC)C(CN)N1CCCc2ccccc2C1. The molecule has 2 rings (SSSR count). The van der Waals surface area contributed by atoms with Crippen LogP contribution in [0.3, 0.4) is 0 Å². The molecule has 0 bridgehead atoms. The molecule has 2 nitrogen and oxygen atoms in total. The first kappa shape index (κ1) is 14.5. The van der Waals surface area contributed by atoms with Crippen LogP contribution in [0.15, 0.2) is 24.3 Å². The molecule has 106 valence electrons. The molecule has 0 amide bonds. The van der Waals surface area contributed by atoms with Crippen molar-refractivity contribution in [3.05, 3.63) is 35.4 Å². The van der Waals surface area contributed by atoms with Crippen LogP contribution in [-0.4, -0.2) is 24.0 Å². The summed E-state index contributed by atoms with van der Waals surface area (Å²) >= 11 is 0. The maximum atomic E-state index is 6.08. The summed E-state index contributed by atoms with van der Waals surface area (Å²) in [6.45, 7) is 7.64. The highest BCUT2D eigenvalue weighted by molar-refractivity contribution is 5.28. The van der Waals surface area contributed by atoms with E-state index in [1.54, 1.807) is 0 Å². The van der Waals surface area contributed by atoms with Crippen molar-refractivity contribution in [2.45, 2.75) is 52.1 Å². The topological polar surface area (TPSA) is 29.3 Å². The summed E-state index contributed by atoms with van der Waals surface area (Å²) in [4.78, 5) is 2.63. The summed E-state index contributed by atoms with van der Waals surface area (Å²) < 4.78 is 0. The molecule has 2 heteroatoms. The van der Waals surface area contributed by atoms with E-state index in [4.69, 9.17) is 5.73 Å². The lowest BCUT2D eigenvalue weighted by Gasteiger charge is -2.35. The summed E-state index contributed by atoms with van der Waals surface area (Å²) in [5, 5.41) is 0. The molecule has 1 atom stereocenters. The number of nitrogens with zero attached hydrogens (tertiary/aromatic N) is 1. The van der Waals surface area contributed by atoms with Gasteiger partial charge in [0.05, 0.1) is 0 Å². The lowest BCUT2D eigenvalue weighted by Crippen LogP contribution is -2.45. The van der Waals surface area contributed by atoms with Crippen LogP contribution >= 0.6 is 0 Å². The second-order valence-electron chi connectivity index (χ2n) is 5.72. The molecule has 0 saturated heterocycles. The highest BCUT2D eigenvalue weighted by Gasteiger charge is 2.25. The van der Waals surface area contributed by atoms with Crippen LogP contribution in [-0.2, 0) is 13.0 Å². The van der Waals surface area contributed by atoms with E-state index >= 15 is 0 Å². The van der Waals surface area contributed by atoms with Gasteiger partial charge < -0.3 is 5.73 Å². The van der Waals surface area contributed by atoms with Crippen molar-refractivity contribution in [2.24, 2.45) is 11.7 Å². The molecule has 0 aromatic heterocycles. The van der Waals surface area contributed by atoms with E-state index < -0.39 is 0 Å². The summed E-state index contributed by atoms with van der Waals surface area (Å²) in [5.41, 5.74) is 9.12. The normalized spacial score (nSPS) is 18.1. The van der Waals surface area contributed by atoms with Gasteiger partial charge in [0.15, 0.2) is 0 Å². The molecular formula is C17H28N2. The van der Waals surface area contributed by atoms with Gasteiger partial charge in [0, 0.05) is 19.1 Å². The average Bonchev–Trinajstić information content (AvgIpc) is 2.66. The minimum absolute atomic E-state index is 0.543. The Labute approximate surface area is 118 Å². The second kappa shape index (κ2) is 7.06. The van der Waals surface area contributed by atoms with Gasteiger partial charge in [-0.05, 0) is 36.4 Å². The van der Waals surface area contributed by atoms with Crippen molar-refractivity contribution in [1.29, 1.82) is 0 Å². The van der Waals surface area contributed by atoms with E-state index in [0.29, 0.717) is 6.04 Å². The maximum Gasteiger partial charge on any atom is 0.0249 e. The monoisotopic (exact) mass is 260 g/mol. The van der Waals surface area contributed by atoms with E-state index in [2.05, 4.69) is 43.0 Å². The Morgan fingerprint density at radius 1 is 1.16 bits per heavy atom. The summed E-state index contributed by atoms with van der Waals surface area (Å²) in [5.74, 6) is 0.732. The van der Waals surface area contributed by atoms with Gasteiger partial charge in [-0.15, -0.1) is 0 Å². The van der Waals surface area contributed by atoms with Crippen molar-refractivity contribution in [1.82, 2.24) is 4.90 Å². The summed E-state index contributed by atoms with van der Waals surface area (Å²) in [6.07, 6.45) is 4.94. The molecule has 1 aliphatic rings. The van der Waals surface area contributed by atoms with E-state index in [1.807, 2.05) is 0 Å². The van der Waals surface area contributed by atoms with Gasteiger partial charge in [-0.1, -0.05) is 51.0 Å². The Kier molecular flexibility index (Phi) is 5.41. The first-order valence-electron chi connectivity index (χ1n) is 7.81. The predicted molar refractivity (Wildman–Crippen MR) is 82.1 cm³/mol. The number of rotatable bonds is 5. The summed E-state index contributed by atoms with van der Waals surface area (Å²) in [6, 6.07) is 9.44. The number of benzene rings is 1. The standard InChI is InChI=1S/C17H28N2/c1-3-14(4-2)17(12-18)19-11-7-10-15-8-5-6-9-16(15)13-19/h5-6,8-9,14,17H,3-4,7,10-13,18H2,1-2H3. The molecule has 1 unspecified atom stereocenters. The predicted octanol–water partition coefficient (Wildman–Crippen LogP) is 3.20. The molecule has 0 fully saturated rings. The van der Waals surface area contributed by atoms with E-state index in [-0.39, 0.29) is 0 Å². The van der Waals surface area contributed by atoms with E-state index in [0.717, 1.165) is 19.0 Å². The summed E-state index contributed by atoms with van der Waals surface area (Å²) in [7, 11) is 0. The zero-order valence-corrected chi connectivity index (χ0v) is 12.4. The second-order valence-corrected chi connectivity index (χ2v) is 5.72. The average molecular weight is 260 g/mol. The van der Waals surface area contributed by atoms with Gasteiger partial charge in [-0.25, -0.2) is 0 Å². The zero-order valence-electron chi connectivity index (χ0n) is 12.4. The van der Waals surface area contributed by atoms with Gasteiger partial charge in [0.25, 0.3) is 0 Å². The number of nitrogens with two attached hydrogens (primary N) is 1. The first-order chi connectivity index (χ1) is 9.30.